The molecule has 0 aliphatic carbocycles. The third kappa shape index (κ3) is 6.31. The molecule has 0 aliphatic heterocycles. The standard InChI is InChI=1S/C36H64Si3/c1-23(2)29-19-31(25(5)6)35(32(20-29)26(7)8)39(37(13,14)15,38(16,17)18)36-33(27(9)10)21-30(24(3)4)22-34(36)28(11)12/h19-28H,1-18H3. The Morgan fingerprint density at radius 1 is 0.359 bits per heavy atom. The average molecular weight is 581 g/mol. The molecule has 0 bridgehead atoms. The fourth-order valence-corrected chi connectivity index (χ4v) is 55.7. The molecular weight excluding hydrogens is 517 g/mol. The van der Waals surface area contributed by atoms with E-state index in [4.69, 9.17) is 0 Å². The van der Waals surface area contributed by atoms with Crippen LogP contribution >= 0.6 is 0 Å². The lowest BCUT2D eigenvalue weighted by Gasteiger charge is -2.55. The number of hydrogen-bond acceptors (Lipinski definition) is 0. The molecule has 2 aromatic carbocycles. The molecule has 0 aromatic heterocycles. The lowest BCUT2D eigenvalue weighted by atomic mass is 9.89. The molecule has 0 heterocycles. The molecule has 2 aromatic rings. The minimum atomic E-state index is -2.22. The van der Waals surface area contributed by atoms with E-state index in [1.807, 2.05) is 10.4 Å². The van der Waals surface area contributed by atoms with Gasteiger partial charge in [-0.15, -0.1) is 0 Å². The molecular formula is C36H64Si3. The minimum Gasteiger partial charge on any atom is -0.0711 e. The normalized spacial score (nSPS) is 13.7. The Kier molecular flexibility index (Phi) is 10.7. The van der Waals surface area contributed by atoms with Crippen LogP contribution in [0.5, 0.6) is 0 Å². The second-order valence-corrected chi connectivity index (χ2v) is 42.8. The van der Waals surface area contributed by atoms with Crippen LogP contribution in [0.3, 0.4) is 0 Å². The van der Waals surface area contributed by atoms with E-state index in [0.717, 1.165) is 0 Å². The zero-order valence-electron chi connectivity index (χ0n) is 29.3. The smallest absolute Gasteiger partial charge is 0.0711 e. The maximum atomic E-state index is 2.76. The molecule has 0 aliphatic rings. The Labute approximate surface area is 247 Å². The third-order valence-electron chi connectivity index (χ3n) is 9.26. The maximum Gasteiger partial charge on any atom is 0.105 e. The summed E-state index contributed by atoms with van der Waals surface area (Å²) < 4.78 is 0. The highest BCUT2D eigenvalue weighted by atomic mass is 29.6. The molecule has 0 saturated carbocycles. The average Bonchev–Trinajstić information content (AvgIpc) is 2.76. The number of rotatable bonds is 10. The highest BCUT2D eigenvalue weighted by Gasteiger charge is 2.60. The number of benzene rings is 2. The molecule has 0 fully saturated rings. The van der Waals surface area contributed by atoms with Crippen LogP contribution < -0.4 is 10.4 Å². The van der Waals surface area contributed by atoms with Crippen molar-refractivity contribution in [2.45, 2.75) is 158 Å². The van der Waals surface area contributed by atoms with Crippen molar-refractivity contribution in [3.8, 4) is 0 Å². The van der Waals surface area contributed by atoms with Gasteiger partial charge in [0.15, 0.2) is 0 Å². The molecule has 2 rings (SSSR count). The first kappa shape index (κ1) is 34.3. The summed E-state index contributed by atoms with van der Waals surface area (Å²) in [5.41, 5.74) is 9.78. The van der Waals surface area contributed by atoms with Gasteiger partial charge >= 0.3 is 0 Å². The lowest BCUT2D eigenvalue weighted by molar-refractivity contribution is 0.809. The van der Waals surface area contributed by atoms with Crippen LogP contribution in [-0.4, -0.2) is 22.3 Å². The quantitative estimate of drug-likeness (QED) is 0.245. The van der Waals surface area contributed by atoms with E-state index < -0.39 is 22.3 Å². The van der Waals surface area contributed by atoms with Crippen molar-refractivity contribution in [3.05, 3.63) is 57.6 Å². The van der Waals surface area contributed by atoms with Crippen molar-refractivity contribution in [3.63, 3.8) is 0 Å². The van der Waals surface area contributed by atoms with Crippen molar-refractivity contribution >= 4 is 32.7 Å². The minimum absolute atomic E-state index is 0.524. The maximum absolute atomic E-state index is 2.76. The molecule has 0 atom stereocenters. The van der Waals surface area contributed by atoms with Gasteiger partial charge in [-0.3, -0.25) is 0 Å². The zero-order valence-corrected chi connectivity index (χ0v) is 32.3. The number of hydrogen-bond donors (Lipinski definition) is 0. The summed E-state index contributed by atoms with van der Waals surface area (Å²) in [5, 5.41) is 3.74. The Bertz CT molecular complexity index is 985. The summed E-state index contributed by atoms with van der Waals surface area (Å²) in [5.74, 6) is 3.19. The van der Waals surface area contributed by atoms with Gasteiger partial charge in [-0.1, -0.05) is 157 Å². The summed E-state index contributed by atoms with van der Waals surface area (Å²) in [6, 6.07) is 10.6. The molecule has 0 saturated heterocycles. The predicted octanol–water partition coefficient (Wildman–Crippen LogP) is 10.8. The van der Waals surface area contributed by atoms with Gasteiger partial charge in [0.05, 0.1) is 0 Å². The van der Waals surface area contributed by atoms with E-state index in [-0.39, 0.29) is 0 Å². The highest BCUT2D eigenvalue weighted by Crippen LogP contribution is 2.40. The van der Waals surface area contributed by atoms with Crippen molar-refractivity contribution in [2.75, 3.05) is 0 Å². The highest BCUT2D eigenvalue weighted by molar-refractivity contribution is 7.76. The van der Waals surface area contributed by atoms with Crippen LogP contribution in [0, 0.1) is 0 Å². The Hall–Kier alpha value is -0.909. The molecule has 0 radical (unpaired) electrons. The van der Waals surface area contributed by atoms with Crippen LogP contribution in [0.4, 0.5) is 0 Å². The third-order valence-corrected chi connectivity index (χ3v) is 46.4. The van der Waals surface area contributed by atoms with Gasteiger partial charge < -0.3 is 0 Å². The van der Waals surface area contributed by atoms with E-state index in [0.29, 0.717) is 35.5 Å². The van der Waals surface area contributed by atoms with Crippen LogP contribution in [0.1, 0.15) is 152 Å². The molecule has 220 valence electrons. The first-order valence-corrected chi connectivity index (χ1v) is 27.0. The topological polar surface area (TPSA) is 0 Å². The summed E-state index contributed by atoms with van der Waals surface area (Å²) in [6.07, 6.45) is 0. The first-order chi connectivity index (χ1) is 17.6. The largest absolute Gasteiger partial charge is 0.105 e. The fourth-order valence-electron chi connectivity index (χ4n) is 7.53. The predicted molar refractivity (Wildman–Crippen MR) is 189 cm³/mol. The Morgan fingerprint density at radius 3 is 0.692 bits per heavy atom. The second-order valence-electron chi connectivity index (χ2n) is 16.3. The van der Waals surface area contributed by atoms with Crippen molar-refractivity contribution in [1.82, 2.24) is 0 Å². The van der Waals surface area contributed by atoms with E-state index >= 15 is 0 Å². The van der Waals surface area contributed by atoms with Crippen molar-refractivity contribution in [1.29, 1.82) is 0 Å². The molecule has 0 nitrogen and oxygen atoms in total. The molecule has 0 unspecified atom stereocenters. The van der Waals surface area contributed by atoms with Crippen molar-refractivity contribution in [2.24, 2.45) is 0 Å². The van der Waals surface area contributed by atoms with E-state index in [1.54, 1.807) is 22.3 Å². The summed E-state index contributed by atoms with van der Waals surface area (Å²) >= 11 is 0. The molecule has 0 amide bonds. The molecule has 39 heavy (non-hydrogen) atoms. The lowest BCUT2D eigenvalue weighted by Crippen LogP contribution is -2.86. The summed E-state index contributed by atoms with van der Waals surface area (Å²) in [4.78, 5) is 0. The van der Waals surface area contributed by atoms with Gasteiger partial charge in [0.2, 0.25) is 0 Å². The van der Waals surface area contributed by atoms with Gasteiger partial charge in [0, 0.05) is 15.2 Å². The van der Waals surface area contributed by atoms with Crippen LogP contribution in [-0.2, 0) is 0 Å². The van der Waals surface area contributed by atoms with E-state index in [9.17, 15) is 0 Å². The van der Waals surface area contributed by atoms with Crippen molar-refractivity contribution < 1.29 is 0 Å². The Balaban J connectivity index is 3.52. The Morgan fingerprint density at radius 2 is 0.564 bits per heavy atom. The van der Waals surface area contributed by atoms with Crippen LogP contribution in [0.15, 0.2) is 24.3 Å². The SMILES string of the molecule is CC(C)c1cc(C(C)C)c([Si](c2c(C(C)C)cc(C(C)C)cc2C(C)C)([Si](C)(C)C)[Si](C)(C)C)c(C(C)C)c1. The summed E-state index contributed by atoms with van der Waals surface area (Å²) in [7, 11) is -5.72. The van der Waals surface area contributed by atoms with Crippen LogP contribution in [0.25, 0.3) is 0 Å². The van der Waals surface area contributed by atoms with Gasteiger partial charge in [-0.2, -0.15) is 0 Å². The zero-order chi connectivity index (χ0) is 30.4. The monoisotopic (exact) mass is 580 g/mol. The molecule has 0 spiro atoms. The second kappa shape index (κ2) is 12.1. The van der Waals surface area contributed by atoms with Gasteiger partial charge in [0.1, 0.15) is 7.11 Å². The van der Waals surface area contributed by atoms with E-state index in [2.05, 4.69) is 147 Å². The van der Waals surface area contributed by atoms with Crippen LogP contribution in [0.2, 0.25) is 39.3 Å². The molecule has 3 heteroatoms. The van der Waals surface area contributed by atoms with E-state index in [1.165, 1.54) is 11.1 Å². The van der Waals surface area contributed by atoms with Gasteiger partial charge in [-0.05, 0) is 68.9 Å². The fraction of sp³-hybridized carbons (Fsp3) is 0.667. The molecule has 0 N–H and O–H groups in total. The summed E-state index contributed by atoms with van der Waals surface area (Å²) in [6.45, 7) is 45.8. The van der Waals surface area contributed by atoms with Gasteiger partial charge in [-0.25, -0.2) is 0 Å². The first-order valence-electron chi connectivity index (χ1n) is 16.0. The van der Waals surface area contributed by atoms with Gasteiger partial charge in [0.25, 0.3) is 0 Å².